The summed E-state index contributed by atoms with van der Waals surface area (Å²) in [5.74, 6) is 0.362. The van der Waals surface area contributed by atoms with Crippen molar-refractivity contribution in [2.75, 3.05) is 12.8 Å². The summed E-state index contributed by atoms with van der Waals surface area (Å²) in [5, 5.41) is 7.69. The molecule has 0 amide bonds. The summed E-state index contributed by atoms with van der Waals surface area (Å²) in [6.07, 6.45) is 1.65. The van der Waals surface area contributed by atoms with Crippen molar-refractivity contribution in [3.05, 3.63) is 36.0 Å². The molecular formula is C12H13N3O. The molecule has 0 fully saturated rings. The number of nitrogen functional groups attached to an aromatic ring is 1. The minimum absolute atomic E-state index is 0.362. The van der Waals surface area contributed by atoms with E-state index in [1.54, 1.807) is 6.20 Å². The summed E-state index contributed by atoms with van der Waals surface area (Å²) in [6.45, 7) is 2.03. The van der Waals surface area contributed by atoms with Gasteiger partial charge < -0.3 is 10.5 Å². The maximum Gasteiger partial charge on any atom is 0.257 e. The lowest BCUT2D eigenvalue weighted by atomic mass is 10.0. The first-order chi connectivity index (χ1) is 7.74. The van der Waals surface area contributed by atoms with Crippen LogP contribution in [0.25, 0.3) is 11.1 Å². The molecule has 0 aliphatic heterocycles. The van der Waals surface area contributed by atoms with E-state index in [1.807, 2.05) is 31.2 Å². The van der Waals surface area contributed by atoms with Gasteiger partial charge in [0.25, 0.3) is 5.88 Å². The molecule has 1 aromatic heterocycles. The van der Waals surface area contributed by atoms with E-state index >= 15 is 0 Å². The number of hydrogen-bond acceptors (Lipinski definition) is 4. The summed E-state index contributed by atoms with van der Waals surface area (Å²) < 4.78 is 5.05. The molecule has 4 nitrogen and oxygen atoms in total. The van der Waals surface area contributed by atoms with Gasteiger partial charge in [-0.15, -0.1) is 5.10 Å². The number of nitrogens with two attached hydrogens (primary N) is 1. The molecule has 2 rings (SSSR count). The monoisotopic (exact) mass is 215 g/mol. The van der Waals surface area contributed by atoms with Gasteiger partial charge in [-0.25, -0.2) is 0 Å². The molecule has 16 heavy (non-hydrogen) atoms. The van der Waals surface area contributed by atoms with Crippen molar-refractivity contribution in [1.82, 2.24) is 10.2 Å². The van der Waals surface area contributed by atoms with Gasteiger partial charge in [-0.05, 0) is 18.1 Å². The highest BCUT2D eigenvalue weighted by Crippen LogP contribution is 2.31. The Bertz CT molecular complexity index is 511. The van der Waals surface area contributed by atoms with Gasteiger partial charge in [0, 0.05) is 5.56 Å². The van der Waals surface area contributed by atoms with Crippen LogP contribution in [0.2, 0.25) is 0 Å². The number of benzene rings is 1. The Hall–Kier alpha value is -2.10. The smallest absolute Gasteiger partial charge is 0.257 e. The van der Waals surface area contributed by atoms with E-state index in [4.69, 9.17) is 10.5 Å². The highest BCUT2D eigenvalue weighted by Gasteiger charge is 2.10. The molecule has 82 valence electrons. The Morgan fingerprint density at radius 3 is 2.62 bits per heavy atom. The Balaban J connectivity index is 2.61. The summed E-state index contributed by atoms with van der Waals surface area (Å²) in [7, 11) is 1.53. The third-order valence-corrected chi connectivity index (χ3v) is 2.48. The van der Waals surface area contributed by atoms with Gasteiger partial charge in [0.05, 0.1) is 13.3 Å². The highest BCUT2D eigenvalue weighted by atomic mass is 16.5. The first-order valence-electron chi connectivity index (χ1n) is 4.95. The highest BCUT2D eigenvalue weighted by molar-refractivity contribution is 5.80. The first kappa shape index (κ1) is 10.4. The number of anilines is 1. The van der Waals surface area contributed by atoms with Crippen molar-refractivity contribution >= 4 is 5.69 Å². The molecule has 0 atom stereocenters. The molecule has 0 saturated carbocycles. The number of aromatic nitrogens is 2. The van der Waals surface area contributed by atoms with Gasteiger partial charge in [-0.2, -0.15) is 5.10 Å². The van der Waals surface area contributed by atoms with Crippen LogP contribution < -0.4 is 10.5 Å². The zero-order valence-corrected chi connectivity index (χ0v) is 9.27. The van der Waals surface area contributed by atoms with Crippen LogP contribution in [0.3, 0.4) is 0 Å². The quantitative estimate of drug-likeness (QED) is 0.832. The minimum Gasteiger partial charge on any atom is -0.478 e. The van der Waals surface area contributed by atoms with Crippen molar-refractivity contribution in [2.24, 2.45) is 0 Å². The van der Waals surface area contributed by atoms with Crippen LogP contribution in [0.4, 0.5) is 5.69 Å². The Morgan fingerprint density at radius 2 is 1.94 bits per heavy atom. The number of ether oxygens (including phenoxy) is 1. The summed E-state index contributed by atoms with van der Waals surface area (Å²) in [4.78, 5) is 0. The molecule has 0 aliphatic carbocycles. The predicted molar refractivity (Wildman–Crippen MR) is 63.2 cm³/mol. The lowest BCUT2D eigenvalue weighted by molar-refractivity contribution is 0.394. The molecule has 0 bridgehead atoms. The largest absolute Gasteiger partial charge is 0.478 e. The lowest BCUT2D eigenvalue weighted by Crippen LogP contribution is -2.00. The zero-order valence-electron chi connectivity index (χ0n) is 9.27. The van der Waals surface area contributed by atoms with Crippen LogP contribution in [0.1, 0.15) is 5.56 Å². The fourth-order valence-electron chi connectivity index (χ4n) is 1.62. The number of nitrogens with zero attached hydrogens (tertiary/aromatic N) is 2. The number of aryl methyl sites for hydroxylation is 1. The molecule has 1 heterocycles. The van der Waals surface area contributed by atoms with Gasteiger partial charge in [0.2, 0.25) is 0 Å². The van der Waals surface area contributed by atoms with Gasteiger partial charge in [-0.1, -0.05) is 24.3 Å². The fourth-order valence-corrected chi connectivity index (χ4v) is 1.62. The normalized spacial score (nSPS) is 10.1. The van der Waals surface area contributed by atoms with Gasteiger partial charge in [0.1, 0.15) is 5.69 Å². The molecular weight excluding hydrogens is 202 g/mol. The number of methoxy groups -OCH3 is 1. The van der Waals surface area contributed by atoms with Crippen molar-refractivity contribution < 1.29 is 4.74 Å². The summed E-state index contributed by atoms with van der Waals surface area (Å²) in [6, 6.07) is 7.99. The predicted octanol–water partition coefficient (Wildman–Crippen LogP) is 2.04. The summed E-state index contributed by atoms with van der Waals surface area (Å²) in [5.41, 5.74) is 9.53. The fraction of sp³-hybridized carbons (Fsp3) is 0.167. The van der Waals surface area contributed by atoms with E-state index in [1.165, 1.54) is 7.11 Å². The molecule has 4 heteroatoms. The topological polar surface area (TPSA) is 61.0 Å². The van der Waals surface area contributed by atoms with Crippen molar-refractivity contribution in [1.29, 1.82) is 0 Å². The minimum atomic E-state index is 0.362. The second-order valence-electron chi connectivity index (χ2n) is 3.50. The number of hydrogen-bond donors (Lipinski definition) is 1. The second kappa shape index (κ2) is 4.18. The van der Waals surface area contributed by atoms with Crippen LogP contribution in [-0.4, -0.2) is 17.3 Å². The van der Waals surface area contributed by atoms with Crippen LogP contribution in [0.15, 0.2) is 30.5 Å². The van der Waals surface area contributed by atoms with Gasteiger partial charge >= 0.3 is 0 Å². The standard InChI is InChI=1S/C12H13N3O/c1-8-5-3-4-6-9(8)10-7-14-15-12(16-2)11(10)13/h3-7H,1-2H3,(H2,13,14). The maximum absolute atomic E-state index is 5.97. The molecule has 2 aromatic rings. The van der Waals surface area contributed by atoms with Crippen LogP contribution in [0, 0.1) is 6.92 Å². The molecule has 2 N–H and O–H groups in total. The van der Waals surface area contributed by atoms with Crippen LogP contribution in [-0.2, 0) is 0 Å². The maximum atomic E-state index is 5.97. The van der Waals surface area contributed by atoms with E-state index in [2.05, 4.69) is 10.2 Å². The Morgan fingerprint density at radius 1 is 1.19 bits per heavy atom. The Labute approximate surface area is 94.1 Å². The third-order valence-electron chi connectivity index (χ3n) is 2.48. The average Bonchev–Trinajstić information content (AvgIpc) is 2.31. The van der Waals surface area contributed by atoms with Gasteiger partial charge in [0.15, 0.2) is 0 Å². The Kier molecular flexibility index (Phi) is 2.72. The third kappa shape index (κ3) is 1.69. The van der Waals surface area contributed by atoms with Crippen molar-refractivity contribution in [3.63, 3.8) is 0 Å². The van der Waals surface area contributed by atoms with E-state index in [0.29, 0.717) is 11.6 Å². The average molecular weight is 215 g/mol. The second-order valence-corrected chi connectivity index (χ2v) is 3.50. The molecule has 0 radical (unpaired) electrons. The SMILES string of the molecule is COc1nncc(-c2ccccc2C)c1N. The van der Waals surface area contributed by atoms with E-state index in [-0.39, 0.29) is 0 Å². The van der Waals surface area contributed by atoms with E-state index in [9.17, 15) is 0 Å². The van der Waals surface area contributed by atoms with Crippen molar-refractivity contribution in [3.8, 4) is 17.0 Å². The molecule has 0 saturated heterocycles. The zero-order chi connectivity index (χ0) is 11.5. The van der Waals surface area contributed by atoms with Crippen molar-refractivity contribution in [2.45, 2.75) is 6.92 Å². The van der Waals surface area contributed by atoms with Crippen LogP contribution in [0.5, 0.6) is 5.88 Å². The lowest BCUT2D eigenvalue weighted by Gasteiger charge is -2.09. The molecule has 0 unspecified atom stereocenters. The first-order valence-corrected chi connectivity index (χ1v) is 4.95. The molecule has 0 aliphatic rings. The molecule has 0 spiro atoms. The van der Waals surface area contributed by atoms with E-state index < -0.39 is 0 Å². The van der Waals surface area contributed by atoms with Gasteiger partial charge in [-0.3, -0.25) is 0 Å². The van der Waals surface area contributed by atoms with Crippen LogP contribution >= 0.6 is 0 Å². The van der Waals surface area contributed by atoms with E-state index in [0.717, 1.165) is 16.7 Å². The molecule has 1 aromatic carbocycles. The summed E-state index contributed by atoms with van der Waals surface area (Å²) >= 11 is 0. The number of rotatable bonds is 2.